The second-order valence-corrected chi connectivity index (χ2v) is 9.62. The number of hydrogen-bond donors (Lipinski definition) is 2. The standard InChI is InChI=1S/C21H24ClN3O5S/c1-14-5-7-16(21(23)27)18(11-14)30-13-20(26)24-15-6-8-17(22)19(12-15)31(28,29)25-9-3-2-4-10-25/h5-8,11-12H,2-4,9-10,13H2,1H3,(H2,23,27)(H,24,26). The summed E-state index contributed by atoms with van der Waals surface area (Å²) in [5.41, 5.74) is 6.61. The van der Waals surface area contributed by atoms with E-state index >= 15 is 0 Å². The van der Waals surface area contributed by atoms with Crippen LogP contribution in [0.3, 0.4) is 0 Å². The normalized spacial score (nSPS) is 14.8. The molecular weight excluding hydrogens is 442 g/mol. The fraction of sp³-hybridized carbons (Fsp3) is 0.333. The molecule has 166 valence electrons. The van der Waals surface area contributed by atoms with E-state index in [1.54, 1.807) is 12.1 Å². The number of rotatable bonds is 7. The third-order valence-electron chi connectivity index (χ3n) is 4.91. The van der Waals surface area contributed by atoms with Gasteiger partial charge in [0, 0.05) is 18.8 Å². The van der Waals surface area contributed by atoms with E-state index < -0.39 is 21.8 Å². The lowest BCUT2D eigenvalue weighted by Crippen LogP contribution is -2.35. The Balaban J connectivity index is 1.72. The quantitative estimate of drug-likeness (QED) is 0.651. The van der Waals surface area contributed by atoms with E-state index in [0.29, 0.717) is 13.1 Å². The first-order valence-corrected chi connectivity index (χ1v) is 11.6. The summed E-state index contributed by atoms with van der Waals surface area (Å²) in [6.07, 6.45) is 2.60. The number of hydrogen-bond acceptors (Lipinski definition) is 5. The van der Waals surface area contributed by atoms with Crippen molar-refractivity contribution in [3.05, 3.63) is 52.5 Å². The summed E-state index contributed by atoms with van der Waals surface area (Å²) in [7, 11) is -3.76. The van der Waals surface area contributed by atoms with Crippen LogP contribution in [0.5, 0.6) is 5.75 Å². The van der Waals surface area contributed by atoms with E-state index in [-0.39, 0.29) is 33.5 Å². The summed E-state index contributed by atoms with van der Waals surface area (Å²) in [6, 6.07) is 9.13. The number of nitrogens with zero attached hydrogens (tertiary/aromatic N) is 1. The van der Waals surface area contributed by atoms with Crippen LogP contribution in [0.2, 0.25) is 5.02 Å². The molecule has 2 amide bonds. The maximum Gasteiger partial charge on any atom is 0.262 e. The highest BCUT2D eigenvalue weighted by atomic mass is 35.5. The predicted octanol–water partition coefficient (Wildman–Crippen LogP) is 2.94. The fourth-order valence-electron chi connectivity index (χ4n) is 3.32. The van der Waals surface area contributed by atoms with Gasteiger partial charge in [-0.05, 0) is 55.7 Å². The summed E-state index contributed by atoms with van der Waals surface area (Å²) in [5.74, 6) is -0.992. The van der Waals surface area contributed by atoms with E-state index in [9.17, 15) is 18.0 Å². The summed E-state index contributed by atoms with van der Waals surface area (Å²) in [5, 5.41) is 2.68. The lowest BCUT2D eigenvalue weighted by molar-refractivity contribution is -0.118. The first-order valence-electron chi connectivity index (χ1n) is 9.81. The molecule has 3 N–H and O–H groups in total. The molecule has 2 aromatic rings. The van der Waals surface area contributed by atoms with Crippen LogP contribution in [0.4, 0.5) is 5.69 Å². The van der Waals surface area contributed by atoms with Gasteiger partial charge in [0.25, 0.3) is 11.8 Å². The number of sulfonamides is 1. The predicted molar refractivity (Wildman–Crippen MR) is 118 cm³/mol. The molecule has 0 atom stereocenters. The van der Waals surface area contributed by atoms with Crippen molar-refractivity contribution in [2.75, 3.05) is 25.0 Å². The van der Waals surface area contributed by atoms with Crippen molar-refractivity contribution < 1.29 is 22.7 Å². The van der Waals surface area contributed by atoms with Gasteiger partial charge < -0.3 is 15.8 Å². The van der Waals surface area contributed by atoms with Gasteiger partial charge in [0.15, 0.2) is 6.61 Å². The van der Waals surface area contributed by atoms with Crippen molar-refractivity contribution in [1.82, 2.24) is 4.31 Å². The Morgan fingerprint density at radius 3 is 2.52 bits per heavy atom. The van der Waals surface area contributed by atoms with Crippen molar-refractivity contribution in [2.24, 2.45) is 5.73 Å². The smallest absolute Gasteiger partial charge is 0.262 e. The van der Waals surface area contributed by atoms with E-state index in [1.807, 2.05) is 6.92 Å². The minimum atomic E-state index is -3.76. The second kappa shape index (κ2) is 9.67. The molecule has 1 heterocycles. The van der Waals surface area contributed by atoms with Gasteiger partial charge in [0.05, 0.1) is 10.6 Å². The molecule has 0 unspecified atom stereocenters. The molecule has 0 spiro atoms. The minimum absolute atomic E-state index is 0.0514. The number of benzene rings is 2. The van der Waals surface area contributed by atoms with Crippen LogP contribution in [0, 0.1) is 6.92 Å². The van der Waals surface area contributed by atoms with Crippen molar-refractivity contribution in [3.63, 3.8) is 0 Å². The molecule has 1 saturated heterocycles. The van der Waals surface area contributed by atoms with Gasteiger partial charge in [-0.15, -0.1) is 0 Å². The number of primary amides is 1. The average Bonchev–Trinajstić information content (AvgIpc) is 2.74. The summed E-state index contributed by atoms with van der Waals surface area (Å²) in [6.45, 7) is 2.32. The molecule has 1 aliphatic heterocycles. The maximum atomic E-state index is 13.0. The van der Waals surface area contributed by atoms with Crippen LogP contribution in [0.1, 0.15) is 35.2 Å². The Hall–Kier alpha value is -2.62. The molecule has 31 heavy (non-hydrogen) atoms. The monoisotopic (exact) mass is 465 g/mol. The van der Waals surface area contributed by atoms with Crippen molar-refractivity contribution in [1.29, 1.82) is 0 Å². The van der Waals surface area contributed by atoms with Gasteiger partial charge in [-0.2, -0.15) is 4.31 Å². The van der Waals surface area contributed by atoms with Crippen molar-refractivity contribution in [3.8, 4) is 5.75 Å². The Kier molecular flexibility index (Phi) is 7.19. The topological polar surface area (TPSA) is 119 Å². The molecule has 8 nitrogen and oxygen atoms in total. The number of piperidine rings is 1. The van der Waals surface area contributed by atoms with Crippen LogP contribution in [-0.2, 0) is 14.8 Å². The highest BCUT2D eigenvalue weighted by Gasteiger charge is 2.28. The van der Waals surface area contributed by atoms with Crippen LogP contribution in [0.15, 0.2) is 41.3 Å². The van der Waals surface area contributed by atoms with E-state index in [0.717, 1.165) is 24.8 Å². The molecule has 10 heteroatoms. The number of ether oxygens (including phenoxy) is 1. The molecular formula is C21H24ClN3O5S. The maximum absolute atomic E-state index is 13.0. The minimum Gasteiger partial charge on any atom is -0.483 e. The zero-order valence-corrected chi connectivity index (χ0v) is 18.6. The molecule has 0 radical (unpaired) electrons. The third-order valence-corrected chi connectivity index (χ3v) is 7.29. The number of anilines is 1. The number of carbonyl (C=O) groups excluding carboxylic acids is 2. The SMILES string of the molecule is Cc1ccc(C(N)=O)c(OCC(=O)Nc2ccc(Cl)c(S(=O)(=O)N3CCCCC3)c2)c1. The lowest BCUT2D eigenvalue weighted by atomic mass is 10.1. The highest BCUT2D eigenvalue weighted by molar-refractivity contribution is 7.89. The van der Waals surface area contributed by atoms with Gasteiger partial charge in [-0.25, -0.2) is 8.42 Å². The zero-order valence-electron chi connectivity index (χ0n) is 17.1. The van der Waals surface area contributed by atoms with Crippen LogP contribution in [-0.4, -0.2) is 44.2 Å². The molecule has 0 saturated carbocycles. The summed E-state index contributed by atoms with van der Waals surface area (Å²) in [4.78, 5) is 23.8. The van der Waals surface area contributed by atoms with Crippen LogP contribution >= 0.6 is 11.6 Å². The number of nitrogens with one attached hydrogen (secondary N) is 1. The first-order chi connectivity index (χ1) is 14.7. The van der Waals surface area contributed by atoms with Crippen LogP contribution in [0.25, 0.3) is 0 Å². The van der Waals surface area contributed by atoms with Gasteiger partial charge in [0.2, 0.25) is 10.0 Å². The van der Waals surface area contributed by atoms with Gasteiger partial charge >= 0.3 is 0 Å². The Bertz CT molecular complexity index is 1100. The molecule has 0 aromatic heterocycles. The van der Waals surface area contributed by atoms with Gasteiger partial charge in [0.1, 0.15) is 10.6 Å². The Labute approximate surface area is 186 Å². The third kappa shape index (κ3) is 5.55. The number of amides is 2. The summed E-state index contributed by atoms with van der Waals surface area (Å²) < 4.78 is 32.8. The second-order valence-electron chi connectivity index (χ2n) is 7.31. The van der Waals surface area contributed by atoms with Crippen LogP contribution < -0.4 is 15.8 Å². The molecule has 3 rings (SSSR count). The van der Waals surface area contributed by atoms with Crippen molar-refractivity contribution >= 4 is 39.1 Å². The molecule has 1 aliphatic rings. The van der Waals surface area contributed by atoms with Crippen molar-refractivity contribution in [2.45, 2.75) is 31.1 Å². The first kappa shape index (κ1) is 23.1. The Morgan fingerprint density at radius 1 is 1.13 bits per heavy atom. The zero-order chi connectivity index (χ0) is 22.6. The number of aryl methyl sites for hydroxylation is 1. The van der Waals surface area contributed by atoms with E-state index in [2.05, 4.69) is 5.32 Å². The molecule has 1 fully saturated rings. The molecule has 0 bridgehead atoms. The summed E-state index contributed by atoms with van der Waals surface area (Å²) >= 11 is 6.15. The Morgan fingerprint density at radius 2 is 1.84 bits per heavy atom. The van der Waals surface area contributed by atoms with E-state index in [4.69, 9.17) is 22.1 Å². The molecule has 2 aromatic carbocycles. The van der Waals surface area contributed by atoms with E-state index in [1.165, 1.54) is 28.6 Å². The average molecular weight is 466 g/mol. The number of nitrogens with two attached hydrogens (primary N) is 1. The highest BCUT2D eigenvalue weighted by Crippen LogP contribution is 2.29. The fourth-order valence-corrected chi connectivity index (χ4v) is 5.33. The largest absolute Gasteiger partial charge is 0.483 e. The number of carbonyl (C=O) groups is 2. The molecule has 0 aliphatic carbocycles. The van der Waals surface area contributed by atoms with Gasteiger partial charge in [-0.3, -0.25) is 9.59 Å². The lowest BCUT2D eigenvalue weighted by Gasteiger charge is -2.26. The number of halogens is 1. The van der Waals surface area contributed by atoms with Gasteiger partial charge in [-0.1, -0.05) is 24.1 Å².